The van der Waals surface area contributed by atoms with Crippen molar-refractivity contribution in [3.8, 4) is 0 Å². The van der Waals surface area contributed by atoms with Gasteiger partial charge in [-0.15, -0.1) is 0 Å². The van der Waals surface area contributed by atoms with Gasteiger partial charge in [-0.05, 0) is 32.0 Å². The number of nitrogens with two attached hydrogens (primary N) is 1. The summed E-state index contributed by atoms with van der Waals surface area (Å²) in [7, 11) is 0. The minimum absolute atomic E-state index is 0.175. The Balaban J connectivity index is 2.78. The summed E-state index contributed by atoms with van der Waals surface area (Å²) in [5.41, 5.74) is 6.91. The van der Waals surface area contributed by atoms with E-state index >= 15 is 0 Å². The van der Waals surface area contributed by atoms with Gasteiger partial charge in [-0.2, -0.15) is 0 Å². The molecule has 78 valence electrons. The van der Waals surface area contributed by atoms with Crippen LogP contribution in [0.25, 0.3) is 0 Å². The van der Waals surface area contributed by atoms with Crippen molar-refractivity contribution in [2.75, 3.05) is 18.0 Å². The number of nitrogens with zero attached hydrogens (tertiary/aromatic N) is 1. The maximum absolute atomic E-state index is 5.92. The first-order chi connectivity index (χ1) is 6.63. The molecule has 1 aromatic carbocycles. The van der Waals surface area contributed by atoms with Crippen molar-refractivity contribution >= 4 is 17.3 Å². The first-order valence-electron chi connectivity index (χ1n) is 4.89. The third-order valence-corrected chi connectivity index (χ3v) is 2.30. The highest BCUT2D eigenvalue weighted by atomic mass is 35.5. The highest BCUT2D eigenvalue weighted by molar-refractivity contribution is 6.30. The molecule has 1 atom stereocenters. The molecule has 2 N–H and O–H groups in total. The predicted molar refractivity (Wildman–Crippen MR) is 63.0 cm³/mol. The Bertz CT molecular complexity index is 286. The van der Waals surface area contributed by atoms with Crippen molar-refractivity contribution in [1.29, 1.82) is 0 Å². The van der Waals surface area contributed by atoms with Crippen molar-refractivity contribution in [3.63, 3.8) is 0 Å². The average molecular weight is 213 g/mol. The van der Waals surface area contributed by atoms with Crippen LogP contribution in [0.5, 0.6) is 0 Å². The van der Waals surface area contributed by atoms with Crippen molar-refractivity contribution in [2.45, 2.75) is 19.9 Å². The Morgan fingerprint density at radius 3 is 2.71 bits per heavy atom. The molecule has 0 fully saturated rings. The summed E-state index contributed by atoms with van der Waals surface area (Å²) in [6, 6.07) is 8.03. The molecule has 0 saturated carbocycles. The van der Waals surface area contributed by atoms with Crippen LogP contribution in [0.2, 0.25) is 5.02 Å². The van der Waals surface area contributed by atoms with Crippen LogP contribution in [0.15, 0.2) is 24.3 Å². The number of likely N-dealkylation sites (N-methyl/N-ethyl adjacent to an activating group) is 1. The lowest BCUT2D eigenvalue weighted by Crippen LogP contribution is -2.35. The van der Waals surface area contributed by atoms with Crippen LogP contribution in [0, 0.1) is 0 Å². The first kappa shape index (κ1) is 11.3. The van der Waals surface area contributed by atoms with Gasteiger partial charge in [0.2, 0.25) is 0 Å². The second kappa shape index (κ2) is 5.23. The van der Waals surface area contributed by atoms with Gasteiger partial charge in [0.15, 0.2) is 0 Å². The quantitative estimate of drug-likeness (QED) is 0.831. The van der Waals surface area contributed by atoms with E-state index < -0.39 is 0 Å². The fraction of sp³-hybridized carbons (Fsp3) is 0.455. The fourth-order valence-electron chi connectivity index (χ4n) is 1.44. The molecule has 0 bridgehead atoms. The molecular weight excluding hydrogens is 196 g/mol. The van der Waals surface area contributed by atoms with Crippen molar-refractivity contribution in [3.05, 3.63) is 29.3 Å². The summed E-state index contributed by atoms with van der Waals surface area (Å²) in [5, 5.41) is 0.769. The van der Waals surface area contributed by atoms with Crippen LogP contribution in [0.3, 0.4) is 0 Å². The average Bonchev–Trinajstić information content (AvgIpc) is 2.14. The van der Waals surface area contributed by atoms with E-state index in [9.17, 15) is 0 Å². The van der Waals surface area contributed by atoms with Gasteiger partial charge in [0.1, 0.15) is 0 Å². The van der Waals surface area contributed by atoms with Crippen molar-refractivity contribution < 1.29 is 0 Å². The summed E-state index contributed by atoms with van der Waals surface area (Å²) in [5.74, 6) is 0. The van der Waals surface area contributed by atoms with Gasteiger partial charge in [-0.25, -0.2) is 0 Å². The molecule has 1 unspecified atom stereocenters. The number of anilines is 1. The van der Waals surface area contributed by atoms with Gasteiger partial charge in [0, 0.05) is 29.8 Å². The van der Waals surface area contributed by atoms with Crippen LogP contribution >= 0.6 is 11.6 Å². The fourth-order valence-corrected chi connectivity index (χ4v) is 1.62. The van der Waals surface area contributed by atoms with Crippen LogP contribution in [0.1, 0.15) is 13.8 Å². The number of rotatable bonds is 4. The van der Waals surface area contributed by atoms with Crippen LogP contribution in [-0.2, 0) is 0 Å². The van der Waals surface area contributed by atoms with Crippen molar-refractivity contribution in [1.82, 2.24) is 0 Å². The molecule has 0 amide bonds. The van der Waals surface area contributed by atoms with Gasteiger partial charge >= 0.3 is 0 Å². The Kier molecular flexibility index (Phi) is 4.23. The molecule has 0 spiro atoms. The molecule has 3 heteroatoms. The maximum atomic E-state index is 5.92. The molecule has 0 saturated heterocycles. The molecular formula is C11H17ClN2. The zero-order valence-electron chi connectivity index (χ0n) is 8.70. The SMILES string of the molecule is CCN(CC(C)N)c1cccc(Cl)c1. The monoisotopic (exact) mass is 212 g/mol. The summed E-state index contributed by atoms with van der Waals surface area (Å²) in [6.07, 6.45) is 0. The van der Waals surface area contributed by atoms with E-state index in [1.54, 1.807) is 0 Å². The first-order valence-corrected chi connectivity index (χ1v) is 5.27. The zero-order valence-corrected chi connectivity index (χ0v) is 9.46. The smallest absolute Gasteiger partial charge is 0.0426 e. The lowest BCUT2D eigenvalue weighted by Gasteiger charge is -2.25. The molecule has 0 aliphatic rings. The molecule has 14 heavy (non-hydrogen) atoms. The van der Waals surface area contributed by atoms with Gasteiger partial charge < -0.3 is 10.6 Å². The van der Waals surface area contributed by atoms with Gasteiger partial charge in [-0.1, -0.05) is 17.7 Å². The third kappa shape index (κ3) is 3.20. The van der Waals surface area contributed by atoms with E-state index in [0.717, 1.165) is 23.8 Å². The minimum atomic E-state index is 0.175. The van der Waals surface area contributed by atoms with Gasteiger partial charge in [-0.3, -0.25) is 0 Å². The van der Waals surface area contributed by atoms with Crippen molar-refractivity contribution in [2.24, 2.45) is 5.73 Å². The van der Waals surface area contributed by atoms with E-state index in [4.69, 9.17) is 17.3 Å². The number of halogens is 1. The second-order valence-corrected chi connectivity index (χ2v) is 3.93. The van der Waals surface area contributed by atoms with E-state index in [-0.39, 0.29) is 6.04 Å². The van der Waals surface area contributed by atoms with Crippen LogP contribution in [0.4, 0.5) is 5.69 Å². The Morgan fingerprint density at radius 1 is 1.50 bits per heavy atom. The summed E-state index contributed by atoms with van der Waals surface area (Å²) >= 11 is 5.92. The van der Waals surface area contributed by atoms with Gasteiger partial charge in [0.25, 0.3) is 0 Å². The lowest BCUT2D eigenvalue weighted by atomic mass is 10.2. The normalized spacial score (nSPS) is 12.6. The molecule has 0 aromatic heterocycles. The lowest BCUT2D eigenvalue weighted by molar-refractivity contribution is 0.689. The molecule has 1 aromatic rings. The zero-order chi connectivity index (χ0) is 10.6. The molecule has 0 aliphatic heterocycles. The Labute approximate surface area is 90.7 Å². The summed E-state index contributed by atoms with van der Waals surface area (Å²) in [4.78, 5) is 2.22. The molecule has 2 nitrogen and oxygen atoms in total. The molecule has 1 rings (SSSR count). The van der Waals surface area contributed by atoms with E-state index in [0.29, 0.717) is 0 Å². The minimum Gasteiger partial charge on any atom is -0.370 e. The Morgan fingerprint density at radius 2 is 2.21 bits per heavy atom. The summed E-state index contributed by atoms with van der Waals surface area (Å²) < 4.78 is 0. The topological polar surface area (TPSA) is 29.3 Å². The summed E-state index contributed by atoms with van der Waals surface area (Å²) in [6.45, 7) is 5.93. The van der Waals surface area contributed by atoms with Gasteiger partial charge in [0.05, 0.1) is 0 Å². The van der Waals surface area contributed by atoms with E-state index in [1.165, 1.54) is 0 Å². The molecule has 0 heterocycles. The molecule has 0 aliphatic carbocycles. The number of hydrogen-bond donors (Lipinski definition) is 1. The highest BCUT2D eigenvalue weighted by Gasteiger charge is 2.06. The molecule has 0 radical (unpaired) electrons. The standard InChI is InChI=1S/C11H17ClN2/c1-3-14(8-9(2)13)11-6-4-5-10(12)7-11/h4-7,9H,3,8,13H2,1-2H3. The largest absolute Gasteiger partial charge is 0.370 e. The maximum Gasteiger partial charge on any atom is 0.0426 e. The Hall–Kier alpha value is -0.730. The third-order valence-electron chi connectivity index (χ3n) is 2.06. The number of hydrogen-bond acceptors (Lipinski definition) is 2. The highest BCUT2D eigenvalue weighted by Crippen LogP contribution is 2.19. The van der Waals surface area contributed by atoms with E-state index in [2.05, 4.69) is 17.9 Å². The second-order valence-electron chi connectivity index (χ2n) is 3.50. The van der Waals surface area contributed by atoms with Crippen LogP contribution in [-0.4, -0.2) is 19.1 Å². The number of benzene rings is 1. The van der Waals surface area contributed by atoms with E-state index in [1.807, 2.05) is 25.1 Å². The predicted octanol–water partition coefficient (Wildman–Crippen LogP) is 2.51. The van der Waals surface area contributed by atoms with Crippen LogP contribution < -0.4 is 10.6 Å².